The number of halogens is 2. The van der Waals surface area contributed by atoms with Gasteiger partial charge in [-0.15, -0.1) is 36.2 Å². The molecule has 0 bridgehead atoms. The Bertz CT molecular complexity index is 942. The molecule has 3 rings (SSSR count). The first-order valence-electron chi connectivity index (χ1n) is 8.93. The molecule has 1 aliphatic heterocycles. The summed E-state index contributed by atoms with van der Waals surface area (Å²) in [4.78, 5) is 43.2. The number of likely N-dealkylation sites (N-methyl/N-ethyl adjacent to an activating group) is 1. The number of aromatic nitrogens is 1. The van der Waals surface area contributed by atoms with Crippen LogP contribution in [0.25, 0.3) is 16.2 Å². The number of rotatable bonds is 5. The van der Waals surface area contributed by atoms with Crippen molar-refractivity contribution < 1.29 is 19.5 Å². The maximum atomic E-state index is 12.5. The molecule has 0 spiro atoms. The van der Waals surface area contributed by atoms with Crippen molar-refractivity contribution in [1.29, 1.82) is 0 Å². The van der Waals surface area contributed by atoms with Crippen LogP contribution in [0.4, 0.5) is 5.82 Å². The van der Waals surface area contributed by atoms with Gasteiger partial charge in [-0.1, -0.05) is 0 Å². The second-order valence-electron chi connectivity index (χ2n) is 6.72. The molecule has 0 aromatic carbocycles. The quantitative estimate of drug-likeness (QED) is 0.507. The van der Waals surface area contributed by atoms with Gasteiger partial charge < -0.3 is 20.6 Å². The summed E-state index contributed by atoms with van der Waals surface area (Å²) in [5.41, 5.74) is 5.87. The van der Waals surface area contributed by atoms with Gasteiger partial charge in [0, 0.05) is 53.4 Å². The highest BCUT2D eigenvalue weighted by Crippen LogP contribution is 2.29. The molecule has 0 unspecified atom stereocenters. The molecule has 2 amide bonds. The van der Waals surface area contributed by atoms with Crippen molar-refractivity contribution in [3.8, 4) is 0 Å². The molecule has 8 nitrogen and oxygen atoms in total. The number of nitrogen functional groups attached to an aromatic ring is 1. The number of amides is 2. The number of hydrogen-bond acceptors (Lipinski definition) is 6. The monoisotopic (exact) mass is 474 g/mol. The summed E-state index contributed by atoms with van der Waals surface area (Å²) in [6.07, 6.45) is 5.75. The van der Waals surface area contributed by atoms with Crippen molar-refractivity contribution in [2.24, 2.45) is 0 Å². The number of anilines is 1. The second-order valence-corrected chi connectivity index (χ2v) is 7.84. The van der Waals surface area contributed by atoms with Crippen LogP contribution in [-0.4, -0.2) is 63.9 Å². The van der Waals surface area contributed by atoms with Crippen LogP contribution in [0.1, 0.15) is 24.1 Å². The average molecular weight is 475 g/mol. The molecule has 3 heterocycles. The molecule has 3 N–H and O–H groups in total. The van der Waals surface area contributed by atoms with E-state index in [4.69, 9.17) is 10.8 Å². The van der Waals surface area contributed by atoms with Gasteiger partial charge in [-0.3, -0.25) is 14.4 Å². The van der Waals surface area contributed by atoms with Crippen molar-refractivity contribution in [2.45, 2.75) is 25.3 Å². The first-order valence-corrected chi connectivity index (χ1v) is 9.75. The minimum absolute atomic E-state index is 0. The van der Waals surface area contributed by atoms with E-state index in [1.807, 2.05) is 12.1 Å². The fourth-order valence-electron chi connectivity index (χ4n) is 3.28. The Balaban J connectivity index is 0.00000225. The lowest BCUT2D eigenvalue weighted by molar-refractivity contribution is -0.144. The Labute approximate surface area is 190 Å². The number of carboxylic acid groups (broad SMARTS) is 1. The Morgan fingerprint density at radius 2 is 2.00 bits per heavy atom. The first kappa shape index (κ1) is 25.7. The van der Waals surface area contributed by atoms with Crippen LogP contribution in [0, 0.1) is 0 Å². The maximum Gasteiger partial charge on any atom is 0.312 e. The molecule has 1 fully saturated rings. The number of fused-ring (bicyclic) bond motifs is 1. The lowest BCUT2D eigenvalue weighted by Crippen LogP contribution is -2.47. The minimum Gasteiger partial charge on any atom is -0.481 e. The first-order chi connectivity index (χ1) is 13.3. The van der Waals surface area contributed by atoms with Gasteiger partial charge in [0.05, 0.1) is 0 Å². The molecule has 0 atom stereocenters. The number of aliphatic carboxylic acids is 1. The zero-order valence-electron chi connectivity index (χ0n) is 16.3. The van der Waals surface area contributed by atoms with Crippen molar-refractivity contribution in [3.63, 3.8) is 0 Å². The van der Waals surface area contributed by atoms with E-state index in [1.54, 1.807) is 29.1 Å². The summed E-state index contributed by atoms with van der Waals surface area (Å²) < 4.78 is 1.02. The molecule has 1 aliphatic rings. The normalized spacial score (nSPS) is 14.2. The van der Waals surface area contributed by atoms with Gasteiger partial charge in [-0.2, -0.15) is 0 Å². The summed E-state index contributed by atoms with van der Waals surface area (Å²) in [6.45, 7) is 0.918. The molecule has 11 heteroatoms. The van der Waals surface area contributed by atoms with E-state index in [1.165, 1.54) is 17.4 Å². The number of hydrogen-bond donors (Lipinski definition) is 2. The maximum absolute atomic E-state index is 12.5. The molecule has 2 aromatic heterocycles. The fourth-order valence-corrected chi connectivity index (χ4v) is 4.25. The predicted octanol–water partition coefficient (Wildman–Crippen LogP) is 2.66. The number of likely N-dealkylation sites (tertiary alicyclic amines) is 1. The van der Waals surface area contributed by atoms with Gasteiger partial charge in [0.25, 0.3) is 0 Å². The third-order valence-electron chi connectivity index (χ3n) is 4.90. The number of carbonyl (C=O) groups excluding carboxylic acids is 2. The van der Waals surface area contributed by atoms with E-state index in [9.17, 15) is 14.4 Å². The topological polar surface area (TPSA) is 117 Å². The lowest BCUT2D eigenvalue weighted by Gasteiger charge is -2.36. The predicted molar refractivity (Wildman–Crippen MR) is 122 cm³/mol. The highest BCUT2D eigenvalue weighted by atomic mass is 35.5. The molecule has 0 radical (unpaired) electrons. The van der Waals surface area contributed by atoms with Crippen LogP contribution in [-0.2, 0) is 14.4 Å². The lowest BCUT2D eigenvalue weighted by atomic mass is 10.0. The summed E-state index contributed by atoms with van der Waals surface area (Å²) in [5, 5.41) is 9.61. The minimum atomic E-state index is -1.12. The standard InChI is InChI=1S/C19H22N4O4S.2ClH/c1-22(12-5-8-23(9-6-12)17(25)11-18(26)27)16(24)3-2-13-10-14-15(28-13)4-7-21-19(14)20;;/h2-4,7,10,12H,5-6,8-9,11H2,1H3,(H2,20,21)(H,26,27);2*1H/b3-2+;;. The van der Waals surface area contributed by atoms with Gasteiger partial charge in [0.15, 0.2) is 0 Å². The summed E-state index contributed by atoms with van der Waals surface area (Å²) in [7, 11) is 1.75. The van der Waals surface area contributed by atoms with Gasteiger partial charge in [0.2, 0.25) is 11.8 Å². The molecule has 0 aliphatic carbocycles. The fraction of sp³-hybridized carbons (Fsp3) is 0.368. The number of nitrogens with zero attached hydrogens (tertiary/aromatic N) is 3. The third kappa shape index (κ3) is 6.07. The largest absolute Gasteiger partial charge is 0.481 e. The SMILES string of the molecule is CN(C(=O)/C=C/c1cc2c(N)nccc2s1)C1CCN(C(=O)CC(=O)O)CC1.Cl.Cl. The van der Waals surface area contributed by atoms with Crippen LogP contribution in [0.3, 0.4) is 0 Å². The van der Waals surface area contributed by atoms with Gasteiger partial charge in [0.1, 0.15) is 12.2 Å². The number of nitrogens with two attached hydrogens (primary N) is 1. The number of pyridine rings is 1. The summed E-state index contributed by atoms with van der Waals surface area (Å²) in [5.74, 6) is -1.14. The van der Waals surface area contributed by atoms with Crippen LogP contribution in [0.5, 0.6) is 0 Å². The Kier molecular flexibility index (Phi) is 9.54. The van der Waals surface area contributed by atoms with Crippen LogP contribution < -0.4 is 5.73 Å². The van der Waals surface area contributed by atoms with E-state index in [2.05, 4.69) is 4.98 Å². The Morgan fingerprint density at radius 3 is 2.60 bits per heavy atom. The summed E-state index contributed by atoms with van der Waals surface area (Å²) >= 11 is 1.54. The van der Waals surface area contributed by atoms with E-state index in [0.717, 1.165) is 15.0 Å². The van der Waals surface area contributed by atoms with Gasteiger partial charge >= 0.3 is 5.97 Å². The van der Waals surface area contributed by atoms with Crippen molar-refractivity contribution >= 4 is 75.9 Å². The molecule has 1 saturated heterocycles. The van der Waals surface area contributed by atoms with E-state index < -0.39 is 12.4 Å². The molecule has 30 heavy (non-hydrogen) atoms. The molecular weight excluding hydrogens is 451 g/mol. The highest BCUT2D eigenvalue weighted by Gasteiger charge is 2.27. The van der Waals surface area contributed by atoms with Crippen LogP contribution >= 0.6 is 36.2 Å². The van der Waals surface area contributed by atoms with E-state index in [-0.39, 0.29) is 42.7 Å². The zero-order chi connectivity index (χ0) is 20.3. The molecule has 164 valence electrons. The van der Waals surface area contributed by atoms with Crippen molar-refractivity contribution in [3.05, 3.63) is 29.3 Å². The Hall–Kier alpha value is -2.36. The summed E-state index contributed by atoms with van der Waals surface area (Å²) in [6, 6.07) is 3.83. The molecule has 0 saturated carbocycles. The van der Waals surface area contributed by atoms with Gasteiger partial charge in [-0.25, -0.2) is 4.98 Å². The number of thiophene rings is 1. The Morgan fingerprint density at radius 1 is 1.33 bits per heavy atom. The smallest absolute Gasteiger partial charge is 0.312 e. The number of carboxylic acids is 1. The van der Waals surface area contributed by atoms with Crippen LogP contribution in [0.2, 0.25) is 0 Å². The highest BCUT2D eigenvalue weighted by molar-refractivity contribution is 7.19. The molecular formula is C19H24Cl2N4O4S. The van der Waals surface area contributed by atoms with Crippen LogP contribution in [0.15, 0.2) is 24.4 Å². The zero-order valence-corrected chi connectivity index (χ0v) is 18.8. The second kappa shape index (κ2) is 11.1. The van der Waals surface area contributed by atoms with Crippen molar-refractivity contribution in [1.82, 2.24) is 14.8 Å². The van der Waals surface area contributed by atoms with E-state index >= 15 is 0 Å². The average Bonchev–Trinajstić information content (AvgIpc) is 3.09. The number of carbonyl (C=O) groups is 3. The molecule has 2 aromatic rings. The number of piperidine rings is 1. The van der Waals surface area contributed by atoms with Crippen molar-refractivity contribution in [2.75, 3.05) is 25.9 Å². The van der Waals surface area contributed by atoms with E-state index in [0.29, 0.717) is 31.7 Å². The third-order valence-corrected chi connectivity index (χ3v) is 5.97. The van der Waals surface area contributed by atoms with Gasteiger partial charge in [-0.05, 0) is 31.1 Å².